The third-order valence-corrected chi connectivity index (χ3v) is 6.23. The molecule has 107 valence electrons. The average molecular weight is 284 g/mol. The van der Waals surface area contributed by atoms with E-state index >= 15 is 0 Å². The molecule has 1 atom stereocenters. The van der Waals surface area contributed by atoms with Gasteiger partial charge in [-0.2, -0.15) is 0 Å². The van der Waals surface area contributed by atoms with E-state index in [9.17, 15) is 0 Å². The topological polar surface area (TPSA) is 0 Å². The molecular weight excluding hydrogens is 256 g/mol. The van der Waals surface area contributed by atoms with E-state index < -0.39 is 8.07 Å². The van der Waals surface area contributed by atoms with Crippen molar-refractivity contribution in [1.82, 2.24) is 0 Å². The molecule has 1 aliphatic carbocycles. The van der Waals surface area contributed by atoms with E-state index in [2.05, 4.69) is 83.1 Å². The van der Waals surface area contributed by atoms with Gasteiger partial charge in [-0.1, -0.05) is 63.8 Å². The van der Waals surface area contributed by atoms with Gasteiger partial charge >= 0.3 is 0 Å². The van der Waals surface area contributed by atoms with Crippen molar-refractivity contribution in [3.05, 3.63) is 66.6 Å². The molecule has 1 heteroatoms. The van der Waals surface area contributed by atoms with Gasteiger partial charge < -0.3 is 0 Å². The van der Waals surface area contributed by atoms with Gasteiger partial charge in [0.1, 0.15) is 0 Å². The van der Waals surface area contributed by atoms with Crippen LogP contribution in [-0.2, 0) is 6.42 Å². The molecule has 0 aromatic heterocycles. The Morgan fingerprint density at radius 3 is 2.15 bits per heavy atom. The Labute approximate surface area is 127 Å². The minimum Gasteiger partial charge on any atom is -0.0691 e. The minimum atomic E-state index is -1.25. The zero-order chi connectivity index (χ0) is 14.8. The maximum absolute atomic E-state index is 2.45. The van der Waals surface area contributed by atoms with Crippen molar-refractivity contribution in [2.45, 2.75) is 39.9 Å². The number of rotatable bonds is 5. The van der Waals surface area contributed by atoms with Crippen LogP contribution in [0.4, 0.5) is 0 Å². The maximum atomic E-state index is 2.45. The van der Waals surface area contributed by atoms with Crippen LogP contribution in [0.25, 0.3) is 0 Å². The highest BCUT2D eigenvalue weighted by molar-refractivity contribution is 6.82. The lowest BCUT2D eigenvalue weighted by molar-refractivity contribution is 0.411. The first-order valence-electron chi connectivity index (χ1n) is 7.69. The van der Waals surface area contributed by atoms with Gasteiger partial charge in [-0.05, 0) is 54.5 Å². The van der Waals surface area contributed by atoms with Crippen LogP contribution in [0.5, 0.6) is 0 Å². The molecule has 0 bridgehead atoms. The fraction of sp³-hybridized carbons (Fsp3) is 0.421. The number of benzene rings is 1. The van der Waals surface area contributed by atoms with E-state index in [1.807, 2.05) is 0 Å². The van der Waals surface area contributed by atoms with Gasteiger partial charge in [-0.3, -0.25) is 0 Å². The Hall–Kier alpha value is -0.563. The van der Waals surface area contributed by atoms with Gasteiger partial charge in [-0.15, -0.1) is 0 Å². The van der Waals surface area contributed by atoms with E-state index in [-0.39, 0.29) is 0 Å². The maximum Gasteiger partial charge on any atom is 0.0520 e. The Kier molecular flexibility index (Phi) is 5.12. The van der Waals surface area contributed by atoms with Crippen molar-refractivity contribution in [2.24, 2.45) is 11.8 Å². The molecular formula is C19H27Si. The van der Waals surface area contributed by atoms with Crippen molar-refractivity contribution in [2.75, 3.05) is 0 Å². The lowest BCUT2D eigenvalue weighted by atomic mass is 9.78. The van der Waals surface area contributed by atoms with E-state index in [0.29, 0.717) is 11.8 Å². The second-order valence-corrected chi connectivity index (χ2v) is 12.2. The van der Waals surface area contributed by atoms with Gasteiger partial charge in [-0.25, -0.2) is 0 Å². The molecule has 1 aliphatic rings. The lowest BCUT2D eigenvalue weighted by Gasteiger charge is -2.36. The first kappa shape index (κ1) is 15.8. The molecule has 1 saturated carbocycles. The predicted octanol–water partition coefficient (Wildman–Crippen LogP) is 5.15. The highest BCUT2D eigenvalue weighted by atomic mass is 28.3. The van der Waals surface area contributed by atoms with E-state index in [4.69, 9.17) is 0 Å². The Bertz CT molecular complexity index is 402. The first-order chi connectivity index (χ1) is 9.39. The summed E-state index contributed by atoms with van der Waals surface area (Å²) in [7, 11) is -1.25. The SMILES string of the molecule is CC(C)[C@@H](Cc1ccccc1)[C]1[CH][CH][CH][C]1[Si](C)(C)C. The van der Waals surface area contributed by atoms with Crippen LogP contribution in [0.1, 0.15) is 19.4 Å². The molecule has 2 rings (SSSR count). The largest absolute Gasteiger partial charge is 0.0691 e. The van der Waals surface area contributed by atoms with Crippen LogP contribution in [0.15, 0.2) is 30.3 Å². The minimum absolute atomic E-state index is 0.633. The smallest absolute Gasteiger partial charge is 0.0520 e. The molecule has 0 nitrogen and oxygen atoms in total. The molecule has 1 fully saturated rings. The van der Waals surface area contributed by atoms with Crippen molar-refractivity contribution < 1.29 is 0 Å². The first-order valence-corrected chi connectivity index (χ1v) is 11.2. The van der Waals surface area contributed by atoms with Gasteiger partial charge in [0, 0.05) is 0 Å². The van der Waals surface area contributed by atoms with Crippen LogP contribution in [-0.4, -0.2) is 8.07 Å². The summed E-state index contributed by atoms with van der Waals surface area (Å²) in [5.74, 6) is 2.91. The van der Waals surface area contributed by atoms with Crippen molar-refractivity contribution in [1.29, 1.82) is 0 Å². The van der Waals surface area contributed by atoms with E-state index in [1.54, 1.807) is 11.5 Å². The van der Waals surface area contributed by atoms with Crippen LogP contribution < -0.4 is 0 Å². The molecule has 0 spiro atoms. The standard InChI is InChI=1S/C19H27Si/c1-15(2)18(14-16-10-7-6-8-11-16)17-12-9-13-19(17)20(3,4)5/h6-13,15,18H,14H2,1-5H3/t18-/m1/s1. The zero-order valence-corrected chi connectivity index (χ0v) is 14.5. The van der Waals surface area contributed by atoms with Crippen LogP contribution >= 0.6 is 0 Å². The summed E-state index contributed by atoms with van der Waals surface area (Å²) in [6.07, 6.45) is 8.13. The Morgan fingerprint density at radius 1 is 0.950 bits per heavy atom. The van der Waals surface area contributed by atoms with Gasteiger partial charge in [0.2, 0.25) is 0 Å². The molecule has 5 radical (unpaired) electrons. The summed E-state index contributed by atoms with van der Waals surface area (Å²) in [5.41, 5.74) is 3.10. The van der Waals surface area contributed by atoms with E-state index in [0.717, 1.165) is 6.42 Å². The number of hydrogen-bond acceptors (Lipinski definition) is 0. The summed E-state index contributed by atoms with van der Waals surface area (Å²) >= 11 is 0. The lowest BCUT2D eigenvalue weighted by Crippen LogP contribution is -2.37. The van der Waals surface area contributed by atoms with Crippen LogP contribution in [0, 0.1) is 42.6 Å². The summed E-state index contributed by atoms with van der Waals surface area (Å²) in [6.45, 7) is 12.1. The van der Waals surface area contributed by atoms with Crippen LogP contribution in [0.3, 0.4) is 0 Å². The molecule has 0 unspecified atom stereocenters. The molecule has 1 aromatic rings. The fourth-order valence-electron chi connectivity index (χ4n) is 3.01. The summed E-state index contributed by atoms with van der Waals surface area (Å²) in [6, 6.07) is 10.9. The predicted molar refractivity (Wildman–Crippen MR) is 91.2 cm³/mol. The molecule has 0 N–H and O–H groups in total. The van der Waals surface area contributed by atoms with Crippen molar-refractivity contribution >= 4 is 8.07 Å². The average Bonchev–Trinajstić information content (AvgIpc) is 2.85. The Morgan fingerprint density at radius 2 is 1.60 bits per heavy atom. The second-order valence-electron chi connectivity index (χ2n) is 7.19. The van der Waals surface area contributed by atoms with Crippen LogP contribution in [0.2, 0.25) is 19.6 Å². The Balaban J connectivity index is 2.16. The fourth-order valence-corrected chi connectivity index (χ4v) is 4.74. The third-order valence-electron chi connectivity index (χ3n) is 4.16. The summed E-state index contributed by atoms with van der Waals surface area (Å²) < 4.78 is 0. The number of hydrogen-bond donors (Lipinski definition) is 0. The van der Waals surface area contributed by atoms with Gasteiger partial charge in [0.25, 0.3) is 0 Å². The highest BCUT2D eigenvalue weighted by Gasteiger charge is 2.42. The quantitative estimate of drug-likeness (QED) is 0.655. The molecule has 0 saturated heterocycles. The van der Waals surface area contributed by atoms with Crippen molar-refractivity contribution in [3.8, 4) is 0 Å². The van der Waals surface area contributed by atoms with Crippen molar-refractivity contribution in [3.63, 3.8) is 0 Å². The molecule has 1 aromatic carbocycles. The molecule has 0 heterocycles. The summed E-state index contributed by atoms with van der Waals surface area (Å²) in [5, 5.41) is 0. The molecule has 0 aliphatic heterocycles. The monoisotopic (exact) mass is 283 g/mol. The van der Waals surface area contributed by atoms with E-state index in [1.165, 1.54) is 5.56 Å². The normalized spacial score (nSPS) is 19.7. The highest BCUT2D eigenvalue weighted by Crippen LogP contribution is 2.46. The second kappa shape index (κ2) is 6.47. The summed E-state index contributed by atoms with van der Waals surface area (Å²) in [4.78, 5) is 0. The van der Waals surface area contributed by atoms with Gasteiger partial charge in [0.05, 0.1) is 8.07 Å². The van der Waals surface area contributed by atoms with Gasteiger partial charge in [0.15, 0.2) is 0 Å². The zero-order valence-electron chi connectivity index (χ0n) is 13.5. The third kappa shape index (κ3) is 3.75. The molecule has 0 amide bonds. The molecule has 20 heavy (non-hydrogen) atoms.